The van der Waals surface area contributed by atoms with Gasteiger partial charge in [0.1, 0.15) is 6.10 Å². The van der Waals surface area contributed by atoms with E-state index in [1.54, 1.807) is 12.5 Å². The number of hydrogen-bond acceptors (Lipinski definition) is 6. The third-order valence-electron chi connectivity index (χ3n) is 12.2. The molecule has 5 aliphatic rings. The molecular formula is C32H49N3O4. The lowest BCUT2D eigenvalue weighted by molar-refractivity contribution is -0.133. The van der Waals surface area contributed by atoms with Crippen LogP contribution in [0.15, 0.2) is 16.2 Å². The highest BCUT2D eigenvalue weighted by atomic mass is 16.6. The molecule has 1 amide bonds. The average Bonchev–Trinajstić information content (AvgIpc) is 3.50. The zero-order chi connectivity index (χ0) is 27.4. The van der Waals surface area contributed by atoms with E-state index in [1.165, 1.54) is 32.1 Å². The summed E-state index contributed by atoms with van der Waals surface area (Å²) in [7, 11) is 0. The summed E-state index contributed by atoms with van der Waals surface area (Å²) in [4.78, 5) is 19.3. The fourth-order valence-electron chi connectivity index (χ4n) is 10.0. The zero-order valence-corrected chi connectivity index (χ0v) is 24.5. The van der Waals surface area contributed by atoms with Crippen LogP contribution in [-0.4, -0.2) is 51.4 Å². The maximum Gasteiger partial charge on any atom is 0.417 e. The number of ether oxygens (including phenoxy) is 1. The Hall–Kier alpha value is -1.89. The first-order chi connectivity index (χ1) is 18.7. The first-order valence-corrected chi connectivity index (χ1v) is 15.8. The molecule has 2 heterocycles. The fraction of sp³-hybridized carbons (Fsp3) is 0.844. The van der Waals surface area contributed by atoms with Gasteiger partial charge < -0.3 is 14.7 Å². The van der Waals surface area contributed by atoms with Crippen LogP contribution in [0.3, 0.4) is 0 Å². The van der Waals surface area contributed by atoms with Gasteiger partial charge in [-0.25, -0.2) is 0 Å². The summed E-state index contributed by atoms with van der Waals surface area (Å²) in [6.45, 7) is 10.8. The van der Waals surface area contributed by atoms with Gasteiger partial charge in [0.15, 0.2) is 5.82 Å². The summed E-state index contributed by atoms with van der Waals surface area (Å²) in [5, 5.41) is 14.1. The topological polar surface area (TPSA) is 88.7 Å². The number of aliphatic hydroxyl groups is 1. The number of piperidine rings is 1. The molecule has 0 aromatic carbocycles. The summed E-state index contributed by atoms with van der Waals surface area (Å²) in [5.41, 5.74) is 2.28. The number of carbonyl (C=O) groups is 1. The Labute approximate surface area is 234 Å². The Bertz CT molecular complexity index is 1080. The number of amides is 1. The van der Waals surface area contributed by atoms with Crippen LogP contribution in [0.5, 0.6) is 6.08 Å². The minimum absolute atomic E-state index is 0.0324. The van der Waals surface area contributed by atoms with Crippen molar-refractivity contribution in [2.75, 3.05) is 13.1 Å². The van der Waals surface area contributed by atoms with Crippen LogP contribution in [0.4, 0.5) is 0 Å². The normalized spacial score (nSPS) is 39.4. The maximum atomic E-state index is 13.1. The van der Waals surface area contributed by atoms with Crippen molar-refractivity contribution in [3.05, 3.63) is 17.5 Å². The van der Waals surface area contributed by atoms with Gasteiger partial charge in [-0.2, -0.15) is 4.98 Å². The van der Waals surface area contributed by atoms with Crippen molar-refractivity contribution in [3.63, 3.8) is 0 Å². The van der Waals surface area contributed by atoms with Crippen molar-refractivity contribution < 1.29 is 19.2 Å². The molecule has 0 unspecified atom stereocenters. The molecule has 1 aromatic rings. The molecule has 1 aliphatic heterocycles. The van der Waals surface area contributed by atoms with Gasteiger partial charge in [-0.3, -0.25) is 9.32 Å². The molecule has 4 fully saturated rings. The van der Waals surface area contributed by atoms with E-state index in [4.69, 9.17) is 9.26 Å². The first kappa shape index (κ1) is 27.3. The second-order valence-corrected chi connectivity index (χ2v) is 14.2. The standard InChI is InChI=1S/C32H49N3O4/c1-20(5-10-29(37)35-17-13-24(14-18-35)38-30-33-21(2)34-39-30)26-8-9-27-25-7-6-22-19-23(36)11-15-31(22,3)28(25)12-16-32(26,27)4/h6,20,23-28,36H,5,7-19H2,1-4H3/t20-,23+,25+,26-,27+,28+,31+,32-/m1/s1. The Morgan fingerprint density at radius 1 is 1.15 bits per heavy atom. The highest BCUT2D eigenvalue weighted by molar-refractivity contribution is 5.76. The molecule has 0 radical (unpaired) electrons. The number of nitrogens with zero attached hydrogens (tertiary/aromatic N) is 3. The van der Waals surface area contributed by atoms with Crippen LogP contribution in [0.25, 0.3) is 0 Å². The number of aliphatic hydroxyl groups excluding tert-OH is 1. The van der Waals surface area contributed by atoms with E-state index in [1.807, 2.05) is 4.90 Å². The SMILES string of the molecule is Cc1noc(OC2CCN(C(=O)CC[C@@H](C)[C@H]3CC[C@H]4[C@@H]5CC=C6C[C@@H](O)CC[C@]6(C)[C@H]5CC[C@]34C)CC2)n1. The monoisotopic (exact) mass is 539 g/mol. The molecule has 0 spiro atoms. The van der Waals surface area contributed by atoms with Crippen molar-refractivity contribution in [2.24, 2.45) is 40.4 Å². The Morgan fingerprint density at radius 3 is 2.69 bits per heavy atom. The van der Waals surface area contributed by atoms with Gasteiger partial charge in [0.05, 0.1) is 6.10 Å². The van der Waals surface area contributed by atoms with Gasteiger partial charge in [-0.05, 0) is 105 Å². The van der Waals surface area contributed by atoms with E-state index in [-0.39, 0.29) is 18.3 Å². The van der Waals surface area contributed by atoms with Crippen molar-refractivity contribution in [3.8, 4) is 6.08 Å². The molecule has 1 saturated heterocycles. The Morgan fingerprint density at radius 2 is 1.95 bits per heavy atom. The molecule has 1 N–H and O–H groups in total. The molecular weight excluding hydrogens is 490 g/mol. The van der Waals surface area contributed by atoms with Gasteiger partial charge in [0.25, 0.3) is 0 Å². The molecule has 0 bridgehead atoms. The summed E-state index contributed by atoms with van der Waals surface area (Å²) < 4.78 is 10.9. The van der Waals surface area contributed by atoms with Crippen LogP contribution in [0, 0.1) is 47.3 Å². The van der Waals surface area contributed by atoms with Crippen LogP contribution in [0.1, 0.15) is 104 Å². The highest BCUT2D eigenvalue weighted by Crippen LogP contribution is 2.67. The van der Waals surface area contributed by atoms with Crippen molar-refractivity contribution in [2.45, 2.75) is 117 Å². The van der Waals surface area contributed by atoms with Gasteiger partial charge in [0, 0.05) is 32.4 Å². The summed E-state index contributed by atoms with van der Waals surface area (Å²) in [6, 6.07) is 0. The maximum absolute atomic E-state index is 13.1. The molecule has 6 rings (SSSR count). The number of rotatable bonds is 6. The minimum atomic E-state index is -0.130. The number of likely N-dealkylation sites (tertiary alicyclic amines) is 1. The van der Waals surface area contributed by atoms with Gasteiger partial charge in [-0.15, -0.1) is 0 Å². The van der Waals surface area contributed by atoms with Crippen molar-refractivity contribution >= 4 is 5.91 Å². The van der Waals surface area contributed by atoms with E-state index in [9.17, 15) is 9.90 Å². The summed E-state index contributed by atoms with van der Waals surface area (Å²) >= 11 is 0. The predicted molar refractivity (Wildman–Crippen MR) is 149 cm³/mol. The average molecular weight is 540 g/mol. The van der Waals surface area contributed by atoms with Gasteiger partial charge >= 0.3 is 6.08 Å². The van der Waals surface area contributed by atoms with Crippen LogP contribution < -0.4 is 4.74 Å². The smallest absolute Gasteiger partial charge is 0.417 e. The van der Waals surface area contributed by atoms with E-state index >= 15 is 0 Å². The zero-order valence-electron chi connectivity index (χ0n) is 24.5. The Balaban J connectivity index is 1.02. The number of aromatic nitrogens is 2. The molecule has 1 aromatic heterocycles. The molecule has 216 valence electrons. The number of carbonyl (C=O) groups excluding carboxylic acids is 1. The molecule has 3 saturated carbocycles. The van der Waals surface area contributed by atoms with Crippen molar-refractivity contribution in [1.82, 2.24) is 15.0 Å². The number of aryl methyl sites for hydroxylation is 1. The van der Waals surface area contributed by atoms with Crippen LogP contribution in [-0.2, 0) is 4.79 Å². The fourth-order valence-corrected chi connectivity index (χ4v) is 10.0. The second-order valence-electron chi connectivity index (χ2n) is 14.2. The lowest BCUT2D eigenvalue weighted by atomic mass is 9.47. The number of allylic oxidation sites excluding steroid dienone is 1. The lowest BCUT2D eigenvalue weighted by Crippen LogP contribution is -2.50. The molecule has 8 atom stereocenters. The largest absolute Gasteiger partial charge is 0.445 e. The van der Waals surface area contributed by atoms with Crippen LogP contribution in [0.2, 0.25) is 0 Å². The minimum Gasteiger partial charge on any atom is -0.445 e. The van der Waals surface area contributed by atoms with E-state index in [0.717, 1.165) is 75.3 Å². The predicted octanol–water partition coefficient (Wildman–Crippen LogP) is 6.10. The van der Waals surface area contributed by atoms with E-state index in [2.05, 4.69) is 37.0 Å². The molecule has 7 nitrogen and oxygen atoms in total. The number of fused-ring (bicyclic) bond motifs is 5. The first-order valence-electron chi connectivity index (χ1n) is 15.8. The van der Waals surface area contributed by atoms with Gasteiger partial charge in [0.2, 0.25) is 5.91 Å². The highest BCUT2D eigenvalue weighted by Gasteiger charge is 2.59. The van der Waals surface area contributed by atoms with E-state index < -0.39 is 0 Å². The van der Waals surface area contributed by atoms with Crippen molar-refractivity contribution in [1.29, 1.82) is 0 Å². The molecule has 7 heteroatoms. The van der Waals surface area contributed by atoms with Crippen LogP contribution >= 0.6 is 0 Å². The summed E-state index contributed by atoms with van der Waals surface area (Å²) in [6.07, 6.45) is 15.5. The van der Waals surface area contributed by atoms with Gasteiger partial charge in [-0.1, -0.05) is 37.6 Å². The third-order valence-corrected chi connectivity index (χ3v) is 12.2. The Kier molecular flexibility index (Phi) is 7.35. The summed E-state index contributed by atoms with van der Waals surface area (Å²) in [5.74, 6) is 4.57. The third kappa shape index (κ3) is 4.95. The quantitative estimate of drug-likeness (QED) is 0.439. The van der Waals surface area contributed by atoms with E-state index in [0.29, 0.717) is 34.9 Å². The molecule has 39 heavy (non-hydrogen) atoms. The second kappa shape index (κ2) is 10.5. The number of hydrogen-bond donors (Lipinski definition) is 1. The lowest BCUT2D eigenvalue weighted by Gasteiger charge is -2.58. The molecule has 4 aliphatic carbocycles.